The van der Waals surface area contributed by atoms with Crippen molar-refractivity contribution in [3.8, 4) is 11.5 Å². The molecule has 21 heavy (non-hydrogen) atoms. The second-order valence-electron chi connectivity index (χ2n) is 5.32. The zero-order chi connectivity index (χ0) is 14.7. The minimum absolute atomic E-state index is 0.0101. The third-order valence-electron chi connectivity index (χ3n) is 3.81. The van der Waals surface area contributed by atoms with Gasteiger partial charge in [0.25, 0.3) is 0 Å². The second kappa shape index (κ2) is 6.03. The molecule has 1 aromatic rings. The minimum atomic E-state index is -0.250. The first kappa shape index (κ1) is 13.7. The van der Waals surface area contributed by atoms with E-state index >= 15 is 0 Å². The highest BCUT2D eigenvalue weighted by Crippen LogP contribution is 2.34. The van der Waals surface area contributed by atoms with Crippen LogP contribution < -0.4 is 20.1 Å². The first-order valence-electron chi connectivity index (χ1n) is 7.19. The normalized spacial score (nSPS) is 16.8. The fourth-order valence-electron chi connectivity index (χ4n) is 2.68. The van der Waals surface area contributed by atoms with Crippen molar-refractivity contribution in [2.24, 2.45) is 5.92 Å². The van der Waals surface area contributed by atoms with E-state index in [1.807, 2.05) is 0 Å². The van der Waals surface area contributed by atoms with Gasteiger partial charge in [-0.3, -0.25) is 9.59 Å². The van der Waals surface area contributed by atoms with E-state index in [0.29, 0.717) is 17.2 Å². The lowest BCUT2D eigenvalue weighted by Gasteiger charge is -2.10. The molecule has 0 saturated heterocycles. The molecule has 1 heterocycles. The van der Waals surface area contributed by atoms with Crippen LogP contribution >= 0.6 is 0 Å². The lowest BCUT2D eigenvalue weighted by Crippen LogP contribution is -2.36. The average molecular weight is 290 g/mol. The van der Waals surface area contributed by atoms with Gasteiger partial charge >= 0.3 is 0 Å². The molecule has 112 valence electrons. The smallest absolute Gasteiger partial charge is 0.243 e. The molecule has 2 N–H and O–H groups in total. The maximum Gasteiger partial charge on any atom is 0.243 e. The van der Waals surface area contributed by atoms with Crippen LogP contribution in [0.25, 0.3) is 0 Å². The van der Waals surface area contributed by atoms with Gasteiger partial charge in [-0.05, 0) is 25.0 Å². The molecule has 0 unspecified atom stereocenters. The second-order valence-corrected chi connectivity index (χ2v) is 5.32. The molecule has 0 aromatic heterocycles. The van der Waals surface area contributed by atoms with Crippen LogP contribution in [-0.2, 0) is 9.59 Å². The highest BCUT2D eigenvalue weighted by Gasteiger charge is 2.22. The van der Waals surface area contributed by atoms with Gasteiger partial charge in [0.05, 0.1) is 6.54 Å². The Morgan fingerprint density at radius 2 is 1.90 bits per heavy atom. The molecular formula is C15H18N2O4. The molecule has 6 nitrogen and oxygen atoms in total. The van der Waals surface area contributed by atoms with E-state index in [9.17, 15) is 9.59 Å². The fraction of sp³-hybridized carbons (Fsp3) is 0.467. The van der Waals surface area contributed by atoms with Gasteiger partial charge in [-0.1, -0.05) is 12.8 Å². The summed E-state index contributed by atoms with van der Waals surface area (Å²) in [6.07, 6.45) is 4.05. The molecule has 0 spiro atoms. The lowest BCUT2D eigenvalue weighted by atomic mass is 10.1. The summed E-state index contributed by atoms with van der Waals surface area (Å²) in [4.78, 5) is 23.7. The summed E-state index contributed by atoms with van der Waals surface area (Å²) < 4.78 is 10.4. The third kappa shape index (κ3) is 3.26. The van der Waals surface area contributed by atoms with E-state index in [1.165, 1.54) is 0 Å². The Bertz CT molecular complexity index is 553. The number of carbonyl (C=O) groups excluding carboxylic acids is 2. The van der Waals surface area contributed by atoms with Crippen molar-refractivity contribution in [2.45, 2.75) is 25.7 Å². The molecule has 1 fully saturated rings. The van der Waals surface area contributed by atoms with Crippen LogP contribution in [0.4, 0.5) is 5.69 Å². The molecule has 2 aliphatic rings. The van der Waals surface area contributed by atoms with E-state index in [4.69, 9.17) is 9.47 Å². The Balaban J connectivity index is 1.48. The predicted molar refractivity (Wildman–Crippen MR) is 76.2 cm³/mol. The number of hydrogen-bond acceptors (Lipinski definition) is 4. The van der Waals surface area contributed by atoms with Crippen LogP contribution in [0, 0.1) is 5.92 Å². The number of anilines is 1. The van der Waals surface area contributed by atoms with E-state index in [1.54, 1.807) is 18.2 Å². The molecule has 3 rings (SSSR count). The summed E-state index contributed by atoms with van der Waals surface area (Å²) in [5.41, 5.74) is 0.624. The summed E-state index contributed by atoms with van der Waals surface area (Å²) in [6, 6.07) is 5.19. The Labute approximate surface area is 122 Å². The molecule has 1 aliphatic heterocycles. The van der Waals surface area contributed by atoms with E-state index in [2.05, 4.69) is 10.6 Å². The zero-order valence-corrected chi connectivity index (χ0v) is 11.7. The summed E-state index contributed by atoms with van der Waals surface area (Å²) >= 11 is 0. The van der Waals surface area contributed by atoms with Gasteiger partial charge < -0.3 is 20.1 Å². The highest BCUT2D eigenvalue weighted by molar-refractivity contribution is 5.95. The molecule has 1 aromatic carbocycles. The fourth-order valence-corrected chi connectivity index (χ4v) is 2.68. The number of nitrogens with one attached hydrogen (secondary N) is 2. The van der Waals surface area contributed by atoms with Crippen molar-refractivity contribution in [1.82, 2.24) is 5.32 Å². The maximum absolute atomic E-state index is 11.8. The van der Waals surface area contributed by atoms with Gasteiger partial charge in [-0.15, -0.1) is 0 Å². The standard InChI is InChI=1S/C15H18N2O4/c18-14(8-16-15(19)10-3-1-2-4-10)17-11-5-6-12-13(7-11)21-9-20-12/h5-7,10H,1-4,8-9H2,(H,16,19)(H,17,18). The first-order chi connectivity index (χ1) is 10.2. The zero-order valence-electron chi connectivity index (χ0n) is 11.7. The Morgan fingerprint density at radius 1 is 1.14 bits per heavy atom. The molecular weight excluding hydrogens is 272 g/mol. The number of ether oxygens (including phenoxy) is 2. The van der Waals surface area contributed by atoms with Crippen LogP contribution in [-0.4, -0.2) is 25.2 Å². The van der Waals surface area contributed by atoms with Crippen LogP contribution in [0.1, 0.15) is 25.7 Å². The number of rotatable bonds is 4. The van der Waals surface area contributed by atoms with E-state index in [0.717, 1.165) is 25.7 Å². The van der Waals surface area contributed by atoms with Crippen molar-refractivity contribution >= 4 is 17.5 Å². The summed E-state index contributed by atoms with van der Waals surface area (Å²) in [5, 5.41) is 5.42. The van der Waals surface area contributed by atoms with Gasteiger partial charge in [0.15, 0.2) is 11.5 Å². The molecule has 1 saturated carbocycles. The molecule has 0 radical (unpaired) electrons. The van der Waals surface area contributed by atoms with Gasteiger partial charge in [-0.25, -0.2) is 0 Å². The largest absolute Gasteiger partial charge is 0.454 e. The van der Waals surface area contributed by atoms with Crippen LogP contribution in [0.15, 0.2) is 18.2 Å². The van der Waals surface area contributed by atoms with Crippen LogP contribution in [0.3, 0.4) is 0 Å². The Morgan fingerprint density at radius 3 is 2.71 bits per heavy atom. The monoisotopic (exact) mass is 290 g/mol. The molecule has 6 heteroatoms. The van der Waals surface area contributed by atoms with E-state index < -0.39 is 0 Å². The van der Waals surface area contributed by atoms with Crippen LogP contribution in [0.2, 0.25) is 0 Å². The van der Waals surface area contributed by atoms with Gasteiger partial charge in [-0.2, -0.15) is 0 Å². The third-order valence-corrected chi connectivity index (χ3v) is 3.81. The molecule has 0 atom stereocenters. The Kier molecular flexibility index (Phi) is 3.94. The SMILES string of the molecule is O=C(CNC(=O)C1CCCC1)Nc1ccc2c(c1)OCO2. The van der Waals surface area contributed by atoms with Gasteiger partial charge in [0, 0.05) is 17.7 Å². The van der Waals surface area contributed by atoms with Gasteiger partial charge in [0.2, 0.25) is 18.6 Å². The number of fused-ring (bicyclic) bond motifs is 1. The van der Waals surface area contributed by atoms with Crippen molar-refractivity contribution < 1.29 is 19.1 Å². The number of hydrogen-bond donors (Lipinski definition) is 2. The topological polar surface area (TPSA) is 76.7 Å². The van der Waals surface area contributed by atoms with E-state index in [-0.39, 0.29) is 31.1 Å². The quantitative estimate of drug-likeness (QED) is 0.884. The molecule has 2 amide bonds. The lowest BCUT2D eigenvalue weighted by molar-refractivity contribution is -0.127. The molecule has 0 bridgehead atoms. The summed E-state index contributed by atoms with van der Waals surface area (Å²) in [7, 11) is 0. The van der Waals surface area contributed by atoms with Crippen molar-refractivity contribution in [3.63, 3.8) is 0 Å². The average Bonchev–Trinajstić information content (AvgIpc) is 3.15. The summed E-state index contributed by atoms with van der Waals surface area (Å²) in [5.74, 6) is 1.09. The van der Waals surface area contributed by atoms with Crippen molar-refractivity contribution in [1.29, 1.82) is 0 Å². The van der Waals surface area contributed by atoms with Gasteiger partial charge in [0.1, 0.15) is 0 Å². The Hall–Kier alpha value is -2.24. The number of carbonyl (C=O) groups is 2. The summed E-state index contributed by atoms with van der Waals surface area (Å²) in [6.45, 7) is 0.188. The number of amides is 2. The predicted octanol–water partition coefficient (Wildman–Crippen LogP) is 1.66. The maximum atomic E-state index is 11.8. The van der Waals surface area contributed by atoms with Crippen molar-refractivity contribution in [3.05, 3.63) is 18.2 Å². The first-order valence-corrected chi connectivity index (χ1v) is 7.19. The number of benzene rings is 1. The minimum Gasteiger partial charge on any atom is -0.454 e. The van der Waals surface area contributed by atoms with Crippen molar-refractivity contribution in [2.75, 3.05) is 18.7 Å². The highest BCUT2D eigenvalue weighted by atomic mass is 16.7. The van der Waals surface area contributed by atoms with Crippen LogP contribution in [0.5, 0.6) is 11.5 Å². The molecule has 1 aliphatic carbocycles.